The Kier molecular flexibility index (Phi) is 6.96. The maximum Gasteiger partial charge on any atom is 0.339 e. The SMILES string of the molecule is CCOC(=O)/C=C(\C=C\c1ccc(C)cc1)OS(=O)(=O)c1ccc(C)cc1. The normalized spacial score (nSPS) is 12.2. The van der Waals surface area contributed by atoms with Gasteiger partial charge < -0.3 is 8.92 Å². The van der Waals surface area contributed by atoms with E-state index < -0.39 is 16.1 Å². The summed E-state index contributed by atoms with van der Waals surface area (Å²) in [5, 5.41) is 0. The molecule has 0 saturated carbocycles. The van der Waals surface area contributed by atoms with Gasteiger partial charge in [-0.1, -0.05) is 53.6 Å². The lowest BCUT2D eigenvalue weighted by Gasteiger charge is -2.08. The van der Waals surface area contributed by atoms with E-state index in [-0.39, 0.29) is 17.3 Å². The first kappa shape index (κ1) is 20.5. The van der Waals surface area contributed by atoms with Gasteiger partial charge in [0.1, 0.15) is 10.7 Å². The average Bonchev–Trinajstić information content (AvgIpc) is 2.61. The third-order valence-electron chi connectivity index (χ3n) is 3.58. The zero-order chi connectivity index (χ0) is 19.9. The molecule has 0 saturated heterocycles. The van der Waals surface area contributed by atoms with Crippen LogP contribution in [0.25, 0.3) is 6.08 Å². The Labute approximate surface area is 160 Å². The second-order valence-electron chi connectivity index (χ2n) is 5.89. The van der Waals surface area contributed by atoms with Crippen LogP contribution < -0.4 is 0 Å². The number of aryl methyl sites for hydroxylation is 2. The number of esters is 1. The predicted octanol–water partition coefficient (Wildman–Crippen LogP) is 4.17. The van der Waals surface area contributed by atoms with Gasteiger partial charge >= 0.3 is 16.1 Å². The molecular formula is C21H22O5S. The van der Waals surface area contributed by atoms with E-state index in [1.807, 2.05) is 38.1 Å². The van der Waals surface area contributed by atoms with Crippen molar-refractivity contribution in [3.63, 3.8) is 0 Å². The van der Waals surface area contributed by atoms with Crippen molar-refractivity contribution >= 4 is 22.2 Å². The molecule has 0 spiro atoms. The quantitative estimate of drug-likeness (QED) is 0.235. The Hall–Kier alpha value is -2.86. The molecule has 0 bridgehead atoms. The number of ether oxygens (including phenoxy) is 1. The van der Waals surface area contributed by atoms with Gasteiger partial charge in [0.25, 0.3) is 0 Å². The molecule has 2 aromatic carbocycles. The third kappa shape index (κ3) is 6.42. The Morgan fingerprint density at radius 1 is 0.963 bits per heavy atom. The first-order valence-corrected chi connectivity index (χ1v) is 9.85. The summed E-state index contributed by atoms with van der Waals surface area (Å²) in [6.45, 7) is 5.66. The number of benzene rings is 2. The summed E-state index contributed by atoms with van der Waals surface area (Å²) in [5.41, 5.74) is 2.87. The summed E-state index contributed by atoms with van der Waals surface area (Å²) in [7, 11) is -4.08. The lowest BCUT2D eigenvalue weighted by Crippen LogP contribution is -2.08. The Morgan fingerprint density at radius 3 is 2.07 bits per heavy atom. The Balaban J connectivity index is 2.30. The molecule has 2 rings (SSSR count). The van der Waals surface area contributed by atoms with Crippen molar-refractivity contribution in [2.45, 2.75) is 25.7 Å². The molecule has 27 heavy (non-hydrogen) atoms. The maximum atomic E-state index is 12.5. The molecule has 0 atom stereocenters. The van der Waals surface area contributed by atoms with E-state index in [0.717, 1.165) is 22.8 Å². The van der Waals surface area contributed by atoms with E-state index >= 15 is 0 Å². The molecule has 0 unspecified atom stereocenters. The van der Waals surface area contributed by atoms with Crippen molar-refractivity contribution in [3.05, 3.63) is 83.1 Å². The van der Waals surface area contributed by atoms with Crippen LogP contribution in [0.2, 0.25) is 0 Å². The number of carbonyl (C=O) groups is 1. The number of allylic oxidation sites excluding steroid dienone is 1. The van der Waals surface area contributed by atoms with Crippen molar-refractivity contribution in [2.24, 2.45) is 0 Å². The van der Waals surface area contributed by atoms with Crippen molar-refractivity contribution in [2.75, 3.05) is 6.61 Å². The minimum absolute atomic E-state index is 0.00611. The van der Waals surface area contributed by atoms with Crippen LogP contribution in [-0.2, 0) is 23.8 Å². The van der Waals surface area contributed by atoms with Crippen LogP contribution in [0.1, 0.15) is 23.6 Å². The Bertz CT molecular complexity index is 937. The molecule has 6 heteroatoms. The van der Waals surface area contributed by atoms with E-state index in [0.29, 0.717) is 0 Å². The second kappa shape index (κ2) is 9.19. The fourth-order valence-corrected chi connectivity index (χ4v) is 3.06. The van der Waals surface area contributed by atoms with Crippen LogP contribution in [0.5, 0.6) is 0 Å². The van der Waals surface area contributed by atoms with Gasteiger partial charge in [-0.2, -0.15) is 8.42 Å². The second-order valence-corrected chi connectivity index (χ2v) is 7.44. The fourth-order valence-electron chi connectivity index (χ4n) is 2.14. The highest BCUT2D eigenvalue weighted by atomic mass is 32.2. The summed E-state index contributed by atoms with van der Waals surface area (Å²) < 4.78 is 35.0. The zero-order valence-corrected chi connectivity index (χ0v) is 16.3. The standard InChI is InChI=1S/C21H22O5S/c1-4-25-21(22)15-19(12-11-18-9-5-16(2)6-10-18)26-27(23,24)20-13-7-17(3)8-14-20/h5-15H,4H2,1-3H3/b12-11+,19-15+. The topological polar surface area (TPSA) is 69.7 Å². The lowest BCUT2D eigenvalue weighted by atomic mass is 10.1. The van der Waals surface area contributed by atoms with Crippen LogP contribution in [0, 0.1) is 13.8 Å². The number of rotatable bonds is 7. The summed E-state index contributed by atoms with van der Waals surface area (Å²) in [6, 6.07) is 13.9. The molecule has 5 nitrogen and oxygen atoms in total. The smallest absolute Gasteiger partial charge is 0.339 e. The fraction of sp³-hybridized carbons (Fsp3) is 0.190. The van der Waals surface area contributed by atoms with Gasteiger partial charge in [0, 0.05) is 0 Å². The van der Waals surface area contributed by atoms with Gasteiger partial charge in [-0.15, -0.1) is 0 Å². The molecule has 0 aliphatic rings. The van der Waals surface area contributed by atoms with Crippen molar-refractivity contribution in [3.8, 4) is 0 Å². The molecule has 0 aliphatic carbocycles. The summed E-state index contributed by atoms with van der Waals surface area (Å²) in [5.74, 6) is -0.810. The highest BCUT2D eigenvalue weighted by Crippen LogP contribution is 2.18. The summed E-state index contributed by atoms with van der Waals surface area (Å²) in [4.78, 5) is 11.8. The van der Waals surface area contributed by atoms with Crippen LogP contribution in [0.3, 0.4) is 0 Å². The van der Waals surface area contributed by atoms with Gasteiger partial charge in [0.15, 0.2) is 0 Å². The molecule has 0 amide bonds. The van der Waals surface area contributed by atoms with Crippen LogP contribution in [-0.4, -0.2) is 21.0 Å². The third-order valence-corrected chi connectivity index (χ3v) is 4.84. The lowest BCUT2D eigenvalue weighted by molar-refractivity contribution is -0.137. The van der Waals surface area contributed by atoms with Crippen LogP contribution in [0.15, 0.2) is 71.3 Å². The van der Waals surface area contributed by atoms with Crippen LogP contribution >= 0.6 is 0 Å². The van der Waals surface area contributed by atoms with E-state index in [1.54, 1.807) is 25.1 Å². The predicted molar refractivity (Wildman–Crippen MR) is 104 cm³/mol. The Morgan fingerprint density at radius 2 is 1.52 bits per heavy atom. The molecular weight excluding hydrogens is 364 g/mol. The zero-order valence-electron chi connectivity index (χ0n) is 15.5. The van der Waals surface area contributed by atoms with Gasteiger partial charge in [-0.3, -0.25) is 0 Å². The molecule has 0 aromatic heterocycles. The maximum absolute atomic E-state index is 12.5. The summed E-state index contributed by atoms with van der Waals surface area (Å²) in [6.07, 6.45) is 4.10. The van der Waals surface area contributed by atoms with Gasteiger partial charge in [-0.05, 0) is 44.5 Å². The van der Waals surface area contributed by atoms with Gasteiger partial charge in [0.05, 0.1) is 12.7 Å². The van der Waals surface area contributed by atoms with Crippen LogP contribution in [0.4, 0.5) is 0 Å². The molecule has 142 valence electrons. The molecule has 0 aliphatic heterocycles. The number of hydrogen-bond donors (Lipinski definition) is 0. The first-order valence-electron chi connectivity index (χ1n) is 8.44. The van der Waals surface area contributed by atoms with E-state index in [2.05, 4.69) is 0 Å². The minimum atomic E-state index is -4.08. The van der Waals surface area contributed by atoms with Crippen molar-refractivity contribution in [1.82, 2.24) is 0 Å². The first-order chi connectivity index (χ1) is 12.8. The monoisotopic (exact) mass is 386 g/mol. The van der Waals surface area contributed by atoms with Crippen molar-refractivity contribution < 1.29 is 22.1 Å². The highest BCUT2D eigenvalue weighted by Gasteiger charge is 2.17. The molecule has 0 fully saturated rings. The molecule has 2 aromatic rings. The average molecular weight is 386 g/mol. The minimum Gasteiger partial charge on any atom is -0.463 e. The van der Waals surface area contributed by atoms with Gasteiger partial charge in [0.2, 0.25) is 0 Å². The summed E-state index contributed by atoms with van der Waals surface area (Å²) >= 11 is 0. The van der Waals surface area contributed by atoms with E-state index in [9.17, 15) is 13.2 Å². The highest BCUT2D eigenvalue weighted by molar-refractivity contribution is 7.86. The van der Waals surface area contributed by atoms with Crippen molar-refractivity contribution in [1.29, 1.82) is 0 Å². The number of hydrogen-bond acceptors (Lipinski definition) is 5. The largest absolute Gasteiger partial charge is 0.463 e. The van der Waals surface area contributed by atoms with E-state index in [1.165, 1.54) is 18.2 Å². The van der Waals surface area contributed by atoms with Gasteiger partial charge in [-0.25, -0.2) is 4.79 Å². The van der Waals surface area contributed by atoms with E-state index in [4.69, 9.17) is 8.92 Å². The molecule has 0 radical (unpaired) electrons. The number of carbonyl (C=O) groups excluding carboxylic acids is 1. The molecule has 0 heterocycles. The molecule has 0 N–H and O–H groups in total.